The standard InChI is InChI=1S/C16H23N3O.2ClH/c1-13(14-11-17-12-14)16(20)19-9-7-18(8-10-19)15-5-3-2-4-6-15;;/h2-6,13-14,17H,7-12H2,1H3;2*1H. The van der Waals surface area contributed by atoms with Crippen LogP contribution in [-0.2, 0) is 4.79 Å². The van der Waals surface area contributed by atoms with Gasteiger partial charge in [0.25, 0.3) is 0 Å². The molecule has 1 amide bonds. The molecule has 0 saturated carbocycles. The fraction of sp³-hybridized carbons (Fsp3) is 0.562. The third kappa shape index (κ3) is 4.06. The summed E-state index contributed by atoms with van der Waals surface area (Å²) >= 11 is 0. The van der Waals surface area contributed by atoms with Crippen LogP contribution in [0.5, 0.6) is 0 Å². The first-order valence-electron chi connectivity index (χ1n) is 7.55. The number of nitrogens with one attached hydrogen (secondary N) is 1. The van der Waals surface area contributed by atoms with Gasteiger partial charge < -0.3 is 15.1 Å². The molecule has 124 valence electrons. The van der Waals surface area contributed by atoms with Crippen LogP contribution < -0.4 is 10.2 Å². The number of carbonyl (C=O) groups is 1. The summed E-state index contributed by atoms with van der Waals surface area (Å²) in [6.45, 7) is 7.64. The van der Waals surface area contributed by atoms with Gasteiger partial charge in [-0.2, -0.15) is 0 Å². The van der Waals surface area contributed by atoms with Gasteiger partial charge in [-0.1, -0.05) is 25.1 Å². The predicted molar refractivity (Wildman–Crippen MR) is 95.3 cm³/mol. The van der Waals surface area contributed by atoms with Gasteiger partial charge >= 0.3 is 0 Å². The summed E-state index contributed by atoms with van der Waals surface area (Å²) in [5.74, 6) is 1.04. The molecule has 6 heteroatoms. The molecule has 0 aromatic heterocycles. The van der Waals surface area contributed by atoms with Crippen LogP contribution in [0.3, 0.4) is 0 Å². The van der Waals surface area contributed by atoms with Crippen molar-refractivity contribution in [2.45, 2.75) is 6.92 Å². The highest BCUT2D eigenvalue weighted by molar-refractivity contribution is 5.85. The summed E-state index contributed by atoms with van der Waals surface area (Å²) in [5, 5.41) is 3.25. The summed E-state index contributed by atoms with van der Waals surface area (Å²) in [6, 6.07) is 10.5. The number of nitrogens with zero attached hydrogens (tertiary/aromatic N) is 2. The average molecular weight is 346 g/mol. The van der Waals surface area contributed by atoms with Crippen LogP contribution in [0.4, 0.5) is 5.69 Å². The summed E-state index contributed by atoms with van der Waals surface area (Å²) in [6.07, 6.45) is 0. The van der Waals surface area contributed by atoms with Crippen molar-refractivity contribution in [1.29, 1.82) is 0 Å². The number of hydrogen-bond acceptors (Lipinski definition) is 3. The number of anilines is 1. The second-order valence-electron chi connectivity index (χ2n) is 5.85. The Labute approximate surface area is 145 Å². The predicted octanol–water partition coefficient (Wildman–Crippen LogP) is 2.03. The van der Waals surface area contributed by atoms with Gasteiger partial charge in [0.05, 0.1) is 0 Å². The molecule has 1 aromatic carbocycles. The topological polar surface area (TPSA) is 35.6 Å². The van der Waals surface area contributed by atoms with E-state index in [1.807, 2.05) is 11.0 Å². The van der Waals surface area contributed by atoms with Crippen LogP contribution in [-0.4, -0.2) is 50.1 Å². The Morgan fingerprint density at radius 1 is 1.09 bits per heavy atom. The second-order valence-corrected chi connectivity index (χ2v) is 5.85. The lowest BCUT2D eigenvalue weighted by Crippen LogP contribution is -2.54. The molecule has 1 atom stereocenters. The Morgan fingerprint density at radius 2 is 1.68 bits per heavy atom. The van der Waals surface area contributed by atoms with Crippen molar-refractivity contribution < 1.29 is 4.79 Å². The van der Waals surface area contributed by atoms with Crippen LogP contribution in [0.2, 0.25) is 0 Å². The van der Waals surface area contributed by atoms with E-state index in [-0.39, 0.29) is 30.7 Å². The molecule has 1 unspecified atom stereocenters. The van der Waals surface area contributed by atoms with Gasteiger partial charge in [-0.25, -0.2) is 0 Å². The monoisotopic (exact) mass is 345 g/mol. The molecule has 0 aliphatic carbocycles. The van der Waals surface area contributed by atoms with Crippen LogP contribution in [0.1, 0.15) is 6.92 Å². The SMILES string of the molecule is CC(C(=O)N1CCN(c2ccccc2)CC1)C1CNC1.Cl.Cl. The average Bonchev–Trinajstić information content (AvgIpc) is 2.46. The Balaban J connectivity index is 0.00000121. The van der Waals surface area contributed by atoms with Gasteiger partial charge in [-0.3, -0.25) is 4.79 Å². The lowest BCUT2D eigenvalue weighted by Gasteiger charge is -2.39. The van der Waals surface area contributed by atoms with E-state index in [1.165, 1.54) is 5.69 Å². The minimum absolute atomic E-state index is 0. The first-order chi connectivity index (χ1) is 9.75. The van der Waals surface area contributed by atoms with E-state index < -0.39 is 0 Å². The molecule has 0 spiro atoms. The van der Waals surface area contributed by atoms with Crippen molar-refractivity contribution in [3.63, 3.8) is 0 Å². The summed E-state index contributed by atoms with van der Waals surface area (Å²) < 4.78 is 0. The summed E-state index contributed by atoms with van der Waals surface area (Å²) in [7, 11) is 0. The number of rotatable bonds is 3. The van der Waals surface area contributed by atoms with Crippen molar-refractivity contribution in [2.24, 2.45) is 11.8 Å². The molecule has 2 fully saturated rings. The van der Waals surface area contributed by atoms with Gasteiger partial charge in [0.2, 0.25) is 5.91 Å². The third-order valence-corrected chi connectivity index (χ3v) is 4.62. The maximum Gasteiger partial charge on any atom is 0.225 e. The van der Waals surface area contributed by atoms with E-state index >= 15 is 0 Å². The zero-order valence-corrected chi connectivity index (χ0v) is 14.5. The Morgan fingerprint density at radius 3 is 2.18 bits per heavy atom. The summed E-state index contributed by atoms with van der Waals surface area (Å²) in [5.41, 5.74) is 1.26. The number of amides is 1. The Kier molecular flexibility index (Phi) is 7.46. The van der Waals surface area contributed by atoms with Crippen molar-refractivity contribution in [3.8, 4) is 0 Å². The van der Waals surface area contributed by atoms with Gasteiger partial charge in [0, 0.05) is 37.8 Å². The molecule has 2 heterocycles. The molecular formula is C16H25Cl2N3O. The molecule has 4 nitrogen and oxygen atoms in total. The third-order valence-electron chi connectivity index (χ3n) is 4.62. The van der Waals surface area contributed by atoms with E-state index in [0.29, 0.717) is 11.8 Å². The van der Waals surface area contributed by atoms with Crippen molar-refractivity contribution >= 4 is 36.4 Å². The highest BCUT2D eigenvalue weighted by Gasteiger charge is 2.32. The molecule has 2 aliphatic rings. The molecule has 0 bridgehead atoms. The maximum atomic E-state index is 12.5. The minimum atomic E-state index is 0. The zero-order chi connectivity index (χ0) is 13.9. The Bertz CT molecular complexity index is 460. The quantitative estimate of drug-likeness (QED) is 0.910. The first kappa shape index (κ1) is 19.1. The lowest BCUT2D eigenvalue weighted by atomic mass is 9.88. The largest absolute Gasteiger partial charge is 0.368 e. The second kappa shape index (κ2) is 8.61. The number of piperazine rings is 1. The van der Waals surface area contributed by atoms with E-state index in [0.717, 1.165) is 39.3 Å². The van der Waals surface area contributed by atoms with Gasteiger partial charge in [0.15, 0.2) is 0 Å². The fourth-order valence-corrected chi connectivity index (χ4v) is 2.98. The highest BCUT2D eigenvalue weighted by Crippen LogP contribution is 2.21. The van der Waals surface area contributed by atoms with Crippen molar-refractivity contribution in [3.05, 3.63) is 30.3 Å². The number of halogens is 2. The van der Waals surface area contributed by atoms with Crippen LogP contribution in [0.15, 0.2) is 30.3 Å². The van der Waals surface area contributed by atoms with Gasteiger partial charge in [-0.15, -0.1) is 24.8 Å². The van der Waals surface area contributed by atoms with E-state index in [2.05, 4.69) is 41.4 Å². The Hall–Kier alpha value is -0.970. The molecule has 0 radical (unpaired) electrons. The molecule has 2 aliphatic heterocycles. The fourth-order valence-electron chi connectivity index (χ4n) is 2.98. The van der Waals surface area contributed by atoms with Crippen molar-refractivity contribution in [2.75, 3.05) is 44.2 Å². The maximum absolute atomic E-state index is 12.5. The van der Waals surface area contributed by atoms with Crippen LogP contribution in [0.25, 0.3) is 0 Å². The molecule has 2 saturated heterocycles. The van der Waals surface area contributed by atoms with E-state index in [9.17, 15) is 4.79 Å². The molecule has 3 rings (SSSR count). The number of para-hydroxylation sites is 1. The molecular weight excluding hydrogens is 321 g/mol. The zero-order valence-electron chi connectivity index (χ0n) is 12.9. The number of carbonyl (C=O) groups excluding carboxylic acids is 1. The normalized spacial score (nSPS) is 19.5. The molecule has 1 N–H and O–H groups in total. The van der Waals surface area contributed by atoms with Gasteiger partial charge in [0.1, 0.15) is 0 Å². The van der Waals surface area contributed by atoms with Crippen LogP contribution >= 0.6 is 24.8 Å². The van der Waals surface area contributed by atoms with E-state index in [1.54, 1.807) is 0 Å². The number of hydrogen-bond donors (Lipinski definition) is 1. The molecule has 1 aromatic rings. The first-order valence-corrected chi connectivity index (χ1v) is 7.55. The molecule has 22 heavy (non-hydrogen) atoms. The van der Waals surface area contributed by atoms with Crippen LogP contribution in [0, 0.1) is 11.8 Å². The minimum Gasteiger partial charge on any atom is -0.368 e. The van der Waals surface area contributed by atoms with Crippen molar-refractivity contribution in [1.82, 2.24) is 10.2 Å². The smallest absolute Gasteiger partial charge is 0.225 e. The van der Waals surface area contributed by atoms with E-state index in [4.69, 9.17) is 0 Å². The lowest BCUT2D eigenvalue weighted by molar-refractivity contribution is -0.137. The number of benzene rings is 1. The highest BCUT2D eigenvalue weighted by atomic mass is 35.5. The summed E-state index contributed by atoms with van der Waals surface area (Å²) in [4.78, 5) is 16.9. The van der Waals surface area contributed by atoms with Gasteiger partial charge in [-0.05, 0) is 31.1 Å².